The van der Waals surface area contributed by atoms with Crippen molar-refractivity contribution >= 4 is 22.4 Å². The van der Waals surface area contributed by atoms with Crippen LogP contribution in [0.2, 0.25) is 0 Å². The molecule has 1 heterocycles. The summed E-state index contributed by atoms with van der Waals surface area (Å²) in [7, 11) is -1.54. The van der Waals surface area contributed by atoms with Gasteiger partial charge in [0.05, 0.1) is 5.75 Å². The van der Waals surface area contributed by atoms with E-state index in [-0.39, 0.29) is 30.2 Å². The summed E-state index contributed by atoms with van der Waals surface area (Å²) in [5.41, 5.74) is 0. The number of halogens is 1. The van der Waals surface area contributed by atoms with Crippen LogP contribution in [0.1, 0.15) is 20.3 Å². The summed E-state index contributed by atoms with van der Waals surface area (Å²) in [5.74, 6) is 0.178. The molecule has 0 aromatic carbocycles. The van der Waals surface area contributed by atoms with Crippen molar-refractivity contribution in [3.8, 4) is 0 Å². The highest BCUT2D eigenvalue weighted by Gasteiger charge is 2.32. The minimum Gasteiger partial charge on any atom is -0.385 e. The fraction of sp³-hybridized carbons (Fsp3) is 1.00. The van der Waals surface area contributed by atoms with Crippen LogP contribution >= 0.6 is 12.4 Å². The standard InChI is InChI=1S/C10H22N2O3S.ClH/c1-9-10(2)12(6-5-11-9)16(13,14)8-4-7-15-3;/h9-11H,4-8H2,1-3H3;1H. The van der Waals surface area contributed by atoms with E-state index < -0.39 is 10.0 Å². The second-order valence-electron chi connectivity index (χ2n) is 4.26. The molecule has 1 saturated heterocycles. The van der Waals surface area contributed by atoms with E-state index in [2.05, 4.69) is 5.32 Å². The number of ether oxygens (including phenoxy) is 1. The molecule has 17 heavy (non-hydrogen) atoms. The minimum absolute atomic E-state index is 0. The van der Waals surface area contributed by atoms with E-state index in [1.54, 1.807) is 11.4 Å². The lowest BCUT2D eigenvalue weighted by atomic mass is 10.1. The third-order valence-corrected chi connectivity index (χ3v) is 5.12. The predicted molar refractivity (Wildman–Crippen MR) is 71.2 cm³/mol. The summed E-state index contributed by atoms with van der Waals surface area (Å²) in [6, 6.07) is 0.243. The monoisotopic (exact) mass is 286 g/mol. The maximum atomic E-state index is 12.1. The molecule has 0 amide bonds. The van der Waals surface area contributed by atoms with Gasteiger partial charge in [-0.2, -0.15) is 4.31 Å². The molecule has 0 radical (unpaired) electrons. The summed E-state index contributed by atoms with van der Waals surface area (Å²) in [5, 5.41) is 3.27. The molecule has 5 nitrogen and oxygen atoms in total. The molecule has 0 aromatic heterocycles. The Bertz CT molecular complexity index is 311. The van der Waals surface area contributed by atoms with Gasteiger partial charge in [-0.05, 0) is 20.3 Å². The highest BCUT2D eigenvalue weighted by molar-refractivity contribution is 7.89. The van der Waals surface area contributed by atoms with Gasteiger partial charge < -0.3 is 10.1 Å². The molecule has 0 saturated carbocycles. The molecule has 0 spiro atoms. The van der Waals surface area contributed by atoms with E-state index in [1.165, 1.54) is 0 Å². The Balaban J connectivity index is 0.00000256. The third kappa shape index (κ3) is 4.71. The number of hydrogen-bond acceptors (Lipinski definition) is 4. The minimum atomic E-state index is -3.12. The van der Waals surface area contributed by atoms with Crippen LogP contribution in [0.5, 0.6) is 0 Å². The first-order valence-corrected chi connectivity index (χ1v) is 7.32. The van der Waals surface area contributed by atoms with Gasteiger partial charge in [0.1, 0.15) is 0 Å². The molecular formula is C10H23ClN2O3S. The lowest BCUT2D eigenvalue weighted by Crippen LogP contribution is -2.57. The summed E-state index contributed by atoms with van der Waals surface area (Å²) < 4.78 is 30.6. The zero-order chi connectivity index (χ0) is 12.2. The maximum absolute atomic E-state index is 12.1. The molecule has 7 heteroatoms. The number of piperazine rings is 1. The second kappa shape index (κ2) is 7.53. The topological polar surface area (TPSA) is 58.6 Å². The van der Waals surface area contributed by atoms with Crippen LogP contribution in [-0.4, -0.2) is 57.4 Å². The van der Waals surface area contributed by atoms with Gasteiger partial charge >= 0.3 is 0 Å². The van der Waals surface area contributed by atoms with Gasteiger partial charge in [0, 0.05) is 38.9 Å². The summed E-state index contributed by atoms with van der Waals surface area (Å²) in [6.07, 6.45) is 0.559. The summed E-state index contributed by atoms with van der Waals surface area (Å²) in [4.78, 5) is 0. The predicted octanol–water partition coefficient (Wildman–Crippen LogP) is 0.457. The second-order valence-corrected chi connectivity index (χ2v) is 6.30. The fourth-order valence-electron chi connectivity index (χ4n) is 1.92. The summed E-state index contributed by atoms with van der Waals surface area (Å²) >= 11 is 0. The van der Waals surface area contributed by atoms with Crippen molar-refractivity contribution in [2.75, 3.05) is 32.6 Å². The Morgan fingerprint density at radius 2 is 2.06 bits per heavy atom. The molecule has 104 valence electrons. The average molecular weight is 287 g/mol. The molecule has 0 aromatic rings. The van der Waals surface area contributed by atoms with E-state index >= 15 is 0 Å². The number of hydrogen-bond donors (Lipinski definition) is 1. The van der Waals surface area contributed by atoms with E-state index in [1.807, 2.05) is 13.8 Å². The van der Waals surface area contributed by atoms with Crippen molar-refractivity contribution in [3.63, 3.8) is 0 Å². The van der Waals surface area contributed by atoms with E-state index in [9.17, 15) is 8.42 Å². The number of methoxy groups -OCH3 is 1. The van der Waals surface area contributed by atoms with Crippen molar-refractivity contribution in [1.82, 2.24) is 9.62 Å². The maximum Gasteiger partial charge on any atom is 0.214 e. The SMILES string of the molecule is COCCCS(=O)(=O)N1CCNC(C)C1C.Cl. The largest absolute Gasteiger partial charge is 0.385 e. The lowest BCUT2D eigenvalue weighted by Gasteiger charge is -2.37. The Hall–Kier alpha value is 0.120. The Morgan fingerprint density at radius 1 is 1.41 bits per heavy atom. The molecular weight excluding hydrogens is 264 g/mol. The van der Waals surface area contributed by atoms with Crippen molar-refractivity contribution in [2.24, 2.45) is 0 Å². The molecule has 1 fully saturated rings. The molecule has 1 N–H and O–H groups in total. The third-order valence-electron chi connectivity index (χ3n) is 3.08. The smallest absolute Gasteiger partial charge is 0.214 e. The van der Waals surface area contributed by atoms with E-state index in [0.29, 0.717) is 19.6 Å². The lowest BCUT2D eigenvalue weighted by molar-refractivity contribution is 0.197. The van der Waals surface area contributed by atoms with Crippen LogP contribution in [0.15, 0.2) is 0 Å². The van der Waals surface area contributed by atoms with Crippen LogP contribution in [0.4, 0.5) is 0 Å². The molecule has 1 rings (SSSR count). The zero-order valence-corrected chi connectivity index (χ0v) is 12.3. The van der Waals surface area contributed by atoms with Gasteiger partial charge in [0.25, 0.3) is 0 Å². The highest BCUT2D eigenvalue weighted by Crippen LogP contribution is 2.14. The van der Waals surface area contributed by atoms with Gasteiger partial charge in [0.15, 0.2) is 0 Å². The quantitative estimate of drug-likeness (QED) is 0.746. The van der Waals surface area contributed by atoms with E-state index in [4.69, 9.17) is 4.74 Å². The number of sulfonamides is 1. The normalized spacial score (nSPS) is 26.5. The Kier molecular flexibility index (Phi) is 7.58. The van der Waals surface area contributed by atoms with Crippen LogP contribution in [0.25, 0.3) is 0 Å². The summed E-state index contributed by atoms with van der Waals surface area (Å²) in [6.45, 7) is 5.76. The molecule has 1 aliphatic heterocycles. The van der Waals surface area contributed by atoms with Gasteiger partial charge in [0.2, 0.25) is 10.0 Å². The highest BCUT2D eigenvalue weighted by atomic mass is 35.5. The van der Waals surface area contributed by atoms with Crippen molar-refractivity contribution in [3.05, 3.63) is 0 Å². The molecule has 0 aliphatic carbocycles. The van der Waals surface area contributed by atoms with E-state index in [0.717, 1.165) is 6.54 Å². The average Bonchev–Trinajstić information content (AvgIpc) is 2.22. The molecule has 2 atom stereocenters. The van der Waals surface area contributed by atoms with Crippen LogP contribution in [-0.2, 0) is 14.8 Å². The first-order valence-electron chi connectivity index (χ1n) is 5.71. The van der Waals surface area contributed by atoms with Crippen LogP contribution in [0.3, 0.4) is 0 Å². The molecule has 0 bridgehead atoms. The van der Waals surface area contributed by atoms with Gasteiger partial charge in [-0.3, -0.25) is 0 Å². The van der Waals surface area contributed by atoms with Gasteiger partial charge in [-0.1, -0.05) is 0 Å². The molecule has 1 aliphatic rings. The first-order chi connectivity index (χ1) is 7.49. The zero-order valence-electron chi connectivity index (χ0n) is 10.7. The van der Waals surface area contributed by atoms with Crippen molar-refractivity contribution < 1.29 is 13.2 Å². The van der Waals surface area contributed by atoms with Crippen molar-refractivity contribution in [1.29, 1.82) is 0 Å². The molecule has 2 unspecified atom stereocenters. The number of rotatable bonds is 5. The van der Waals surface area contributed by atoms with Gasteiger partial charge in [-0.15, -0.1) is 12.4 Å². The number of nitrogens with zero attached hydrogens (tertiary/aromatic N) is 1. The first kappa shape index (κ1) is 17.1. The van der Waals surface area contributed by atoms with Crippen LogP contribution < -0.4 is 5.32 Å². The Labute approximate surface area is 110 Å². The van der Waals surface area contributed by atoms with Crippen LogP contribution in [0, 0.1) is 0 Å². The Morgan fingerprint density at radius 3 is 2.65 bits per heavy atom. The van der Waals surface area contributed by atoms with Crippen molar-refractivity contribution in [2.45, 2.75) is 32.4 Å². The van der Waals surface area contributed by atoms with Gasteiger partial charge in [-0.25, -0.2) is 8.42 Å². The number of nitrogens with one attached hydrogen (secondary N) is 1. The fourth-order valence-corrected chi connectivity index (χ4v) is 3.70.